The monoisotopic (exact) mass is 325 g/mol. The van der Waals surface area contributed by atoms with Gasteiger partial charge in [0.2, 0.25) is 5.75 Å². The lowest BCUT2D eigenvalue weighted by atomic mass is 9.58. The number of ether oxygens (including phenoxy) is 3. The predicted molar refractivity (Wildman–Crippen MR) is 99.6 cm³/mol. The second-order valence-electron chi connectivity index (χ2n) is 6.44. The summed E-state index contributed by atoms with van der Waals surface area (Å²) in [5.41, 5.74) is 7.58. The number of hydrogen-bond donors (Lipinski definition) is 2. The highest BCUT2D eigenvalue weighted by atomic mass is 16.6. The van der Waals surface area contributed by atoms with Crippen LogP contribution in [0.3, 0.4) is 0 Å². The Labute approximate surface area is 143 Å². The number of benzene rings is 1. The maximum atomic E-state index is 6.00. The largest absolute Gasteiger partial charge is 0.493 e. The van der Waals surface area contributed by atoms with Gasteiger partial charge in [0, 0.05) is 11.5 Å². The fourth-order valence-electron chi connectivity index (χ4n) is 2.66. The number of nitrogens with two attached hydrogens (primary N) is 1. The molecule has 0 bridgehead atoms. The van der Waals surface area contributed by atoms with Crippen molar-refractivity contribution in [2.75, 3.05) is 24.8 Å². The van der Waals surface area contributed by atoms with Crippen LogP contribution in [-0.2, 0) is 5.34 Å². The van der Waals surface area contributed by atoms with Crippen LogP contribution < -0.4 is 25.3 Å². The van der Waals surface area contributed by atoms with E-state index in [9.17, 15) is 0 Å². The molecular formula is C16H21B2N3O3. The lowest BCUT2D eigenvalue weighted by molar-refractivity contribution is 0.100. The summed E-state index contributed by atoms with van der Waals surface area (Å²) in [6, 6.07) is 7.55. The van der Waals surface area contributed by atoms with Crippen LogP contribution in [0.1, 0.15) is 12.5 Å². The summed E-state index contributed by atoms with van der Waals surface area (Å²) < 4.78 is 17.2. The molecule has 0 fully saturated rings. The van der Waals surface area contributed by atoms with Crippen LogP contribution >= 0.6 is 0 Å². The minimum absolute atomic E-state index is 0.0000352. The molecule has 1 atom stereocenters. The number of rotatable bonds is 4. The summed E-state index contributed by atoms with van der Waals surface area (Å²) in [5, 5.41) is 2.95. The molecule has 2 heterocycles. The topological polar surface area (TPSA) is 78.6 Å². The molecule has 0 saturated carbocycles. The van der Waals surface area contributed by atoms with Crippen LogP contribution in [0.5, 0.6) is 17.2 Å². The third-order valence-corrected chi connectivity index (χ3v) is 4.02. The summed E-state index contributed by atoms with van der Waals surface area (Å²) >= 11 is 0. The second kappa shape index (κ2) is 6.19. The molecule has 3 rings (SSSR count). The molecule has 1 unspecified atom stereocenters. The second-order valence-corrected chi connectivity index (χ2v) is 6.44. The number of pyridine rings is 1. The van der Waals surface area contributed by atoms with Crippen LogP contribution in [0.2, 0.25) is 0 Å². The highest BCUT2D eigenvalue weighted by Gasteiger charge is 2.28. The van der Waals surface area contributed by atoms with Crippen molar-refractivity contribution in [2.45, 2.75) is 18.4 Å². The molecule has 1 aromatic heterocycles. The predicted octanol–water partition coefficient (Wildman–Crippen LogP) is 0.321. The Kier molecular flexibility index (Phi) is 4.22. The van der Waals surface area contributed by atoms with Crippen molar-refractivity contribution in [3.05, 3.63) is 36.0 Å². The number of nitrogen functional groups attached to an aromatic ring is 1. The van der Waals surface area contributed by atoms with Crippen molar-refractivity contribution in [3.8, 4) is 17.2 Å². The zero-order chi connectivity index (χ0) is 17.3. The minimum Gasteiger partial charge on any atom is -0.493 e. The Hall–Kier alpha value is -2.50. The van der Waals surface area contributed by atoms with Gasteiger partial charge in [0.1, 0.15) is 34.2 Å². The van der Waals surface area contributed by atoms with Gasteiger partial charge in [-0.15, -0.1) is 0 Å². The third kappa shape index (κ3) is 3.09. The molecule has 0 saturated heterocycles. The highest BCUT2D eigenvalue weighted by Crippen LogP contribution is 2.43. The van der Waals surface area contributed by atoms with E-state index in [0.29, 0.717) is 35.4 Å². The molecule has 8 heteroatoms. The first-order valence-corrected chi connectivity index (χ1v) is 7.91. The molecule has 6 nitrogen and oxygen atoms in total. The molecule has 0 amide bonds. The molecule has 1 aromatic carbocycles. The van der Waals surface area contributed by atoms with Gasteiger partial charge >= 0.3 is 0 Å². The summed E-state index contributed by atoms with van der Waals surface area (Å²) in [4.78, 5) is 4.31. The number of nitrogens with zero attached hydrogens (tertiary/aromatic N) is 1. The van der Waals surface area contributed by atoms with Crippen LogP contribution in [0.4, 0.5) is 11.5 Å². The molecule has 1 aliphatic heterocycles. The Morgan fingerprint density at radius 1 is 1.42 bits per heavy atom. The number of anilines is 2. The molecular weight excluding hydrogens is 304 g/mol. The van der Waals surface area contributed by atoms with E-state index in [1.807, 2.05) is 31.2 Å². The van der Waals surface area contributed by atoms with Crippen molar-refractivity contribution < 1.29 is 14.2 Å². The molecule has 0 spiro atoms. The van der Waals surface area contributed by atoms with Crippen LogP contribution in [-0.4, -0.2) is 40.5 Å². The van der Waals surface area contributed by atoms with Crippen molar-refractivity contribution in [3.63, 3.8) is 0 Å². The zero-order valence-electron chi connectivity index (χ0n) is 14.4. The summed E-state index contributed by atoms with van der Waals surface area (Å²) in [6.45, 7) is 2.48. The maximum absolute atomic E-state index is 6.00. The van der Waals surface area contributed by atoms with E-state index in [0.717, 1.165) is 5.56 Å². The van der Waals surface area contributed by atoms with Gasteiger partial charge in [-0.1, -0.05) is 0 Å². The lowest BCUT2D eigenvalue weighted by Crippen LogP contribution is -2.37. The van der Waals surface area contributed by atoms with Gasteiger partial charge in [-0.25, -0.2) is 4.98 Å². The Balaban J connectivity index is 1.98. The standard InChI is InChI=1S/C16H21B2N3O3/c1-9-8-23-14-12(22-2)6-10(7-13(14)24-9)16(17,18)21-15-11(19)4-3-5-20-15/h3-7,9H,8,17-19H2,1-2H3,(H,20,21). The van der Waals surface area contributed by atoms with Crippen molar-refractivity contribution >= 4 is 27.2 Å². The van der Waals surface area contributed by atoms with Crippen molar-refractivity contribution in [2.24, 2.45) is 0 Å². The normalized spacial score (nSPS) is 16.5. The zero-order valence-corrected chi connectivity index (χ0v) is 14.4. The van der Waals surface area contributed by atoms with E-state index in [1.165, 1.54) is 0 Å². The Morgan fingerprint density at radius 2 is 2.21 bits per heavy atom. The van der Waals surface area contributed by atoms with Gasteiger partial charge in [-0.3, -0.25) is 0 Å². The number of nitrogens with one attached hydrogen (secondary N) is 1. The van der Waals surface area contributed by atoms with Crippen molar-refractivity contribution in [1.29, 1.82) is 0 Å². The van der Waals surface area contributed by atoms with E-state index in [2.05, 4.69) is 26.0 Å². The average molecular weight is 325 g/mol. The Morgan fingerprint density at radius 3 is 2.92 bits per heavy atom. The Bertz CT molecular complexity index is 755. The van der Waals surface area contributed by atoms with E-state index in [-0.39, 0.29) is 6.10 Å². The smallest absolute Gasteiger partial charge is 0.203 e. The van der Waals surface area contributed by atoms with Crippen LogP contribution in [0.25, 0.3) is 0 Å². The quantitative estimate of drug-likeness (QED) is 0.789. The highest BCUT2D eigenvalue weighted by molar-refractivity contribution is 6.41. The van der Waals surface area contributed by atoms with Gasteiger partial charge in [0.05, 0.1) is 12.8 Å². The van der Waals surface area contributed by atoms with Gasteiger partial charge in [-0.05, 0) is 36.8 Å². The fraction of sp³-hybridized carbons (Fsp3) is 0.312. The maximum Gasteiger partial charge on any atom is 0.203 e. The SMILES string of the molecule is BC(B)(Nc1ncccc1N)c1cc(OC)c2c(c1)OC(C)CO2. The molecule has 1 aliphatic rings. The molecule has 0 radical (unpaired) electrons. The lowest BCUT2D eigenvalue weighted by Gasteiger charge is -2.32. The number of methoxy groups -OCH3 is 1. The molecule has 124 valence electrons. The van der Waals surface area contributed by atoms with Gasteiger partial charge in [0.25, 0.3) is 0 Å². The van der Waals surface area contributed by atoms with Crippen LogP contribution in [0, 0.1) is 0 Å². The fourth-order valence-corrected chi connectivity index (χ4v) is 2.66. The molecule has 0 aliphatic carbocycles. The number of fused-ring (bicyclic) bond motifs is 1. The molecule has 24 heavy (non-hydrogen) atoms. The van der Waals surface area contributed by atoms with E-state index in [1.54, 1.807) is 13.3 Å². The summed E-state index contributed by atoms with van der Waals surface area (Å²) in [7, 11) is 5.72. The number of aromatic nitrogens is 1. The summed E-state index contributed by atoms with van der Waals surface area (Å²) in [6.07, 6.45) is 1.71. The van der Waals surface area contributed by atoms with E-state index < -0.39 is 5.34 Å². The first-order chi connectivity index (χ1) is 11.4. The minimum atomic E-state index is -0.436. The first-order valence-electron chi connectivity index (χ1n) is 7.91. The summed E-state index contributed by atoms with van der Waals surface area (Å²) in [5.74, 6) is 2.63. The van der Waals surface area contributed by atoms with Gasteiger partial charge in [-0.2, -0.15) is 0 Å². The third-order valence-electron chi connectivity index (χ3n) is 4.02. The van der Waals surface area contributed by atoms with Crippen molar-refractivity contribution in [1.82, 2.24) is 4.98 Å². The van der Waals surface area contributed by atoms with Gasteiger partial charge in [0.15, 0.2) is 11.5 Å². The number of hydrogen-bond acceptors (Lipinski definition) is 6. The van der Waals surface area contributed by atoms with E-state index in [4.69, 9.17) is 19.9 Å². The molecule has 2 aromatic rings. The molecule has 3 N–H and O–H groups in total. The van der Waals surface area contributed by atoms with E-state index >= 15 is 0 Å². The average Bonchev–Trinajstić information content (AvgIpc) is 2.55. The first kappa shape index (κ1) is 16.4. The van der Waals surface area contributed by atoms with Crippen LogP contribution in [0.15, 0.2) is 30.5 Å². The van der Waals surface area contributed by atoms with Gasteiger partial charge < -0.3 is 25.3 Å².